The zero-order chi connectivity index (χ0) is 24.1. The van der Waals surface area contributed by atoms with Gasteiger partial charge in [0, 0.05) is 5.56 Å². The van der Waals surface area contributed by atoms with Crippen molar-refractivity contribution in [2.75, 3.05) is 0 Å². The van der Waals surface area contributed by atoms with Crippen LogP contribution in [0.4, 0.5) is 17.6 Å². The van der Waals surface area contributed by atoms with Crippen LogP contribution in [0.15, 0.2) is 42.5 Å². The Morgan fingerprint density at radius 3 is 2.29 bits per heavy atom. The number of hydrogen-bond acceptors (Lipinski definition) is 1. The molecule has 2 aromatic carbocycles. The van der Waals surface area contributed by atoms with Gasteiger partial charge in [0.15, 0.2) is 0 Å². The molecule has 2 fully saturated rings. The second-order valence-corrected chi connectivity index (χ2v) is 10.4. The molecule has 4 rings (SSSR count). The van der Waals surface area contributed by atoms with Crippen LogP contribution >= 0.6 is 0 Å². The van der Waals surface area contributed by atoms with E-state index in [9.17, 15) is 13.2 Å². The molecule has 0 saturated heterocycles. The first kappa shape index (κ1) is 25.1. The molecule has 34 heavy (non-hydrogen) atoms. The van der Waals surface area contributed by atoms with Crippen molar-refractivity contribution in [3.63, 3.8) is 0 Å². The van der Waals surface area contributed by atoms with Crippen LogP contribution in [0.1, 0.15) is 89.0 Å². The second-order valence-electron chi connectivity index (χ2n) is 10.4. The Morgan fingerprint density at radius 1 is 0.853 bits per heavy atom. The van der Waals surface area contributed by atoms with Crippen molar-refractivity contribution in [1.82, 2.24) is 0 Å². The Bertz CT molecular complexity index is 921. The van der Waals surface area contributed by atoms with Gasteiger partial charge in [0.05, 0.1) is 0 Å². The summed E-state index contributed by atoms with van der Waals surface area (Å²) in [4.78, 5) is 0. The van der Waals surface area contributed by atoms with Crippen LogP contribution in [0.5, 0.6) is 5.75 Å². The van der Waals surface area contributed by atoms with Crippen LogP contribution in [0.25, 0.3) is 11.1 Å². The van der Waals surface area contributed by atoms with Gasteiger partial charge >= 0.3 is 6.36 Å². The van der Waals surface area contributed by atoms with Gasteiger partial charge in [-0.1, -0.05) is 69.7 Å². The highest BCUT2D eigenvalue weighted by Crippen LogP contribution is 2.48. The smallest absolute Gasteiger partial charge is 0.406 e. The predicted octanol–water partition coefficient (Wildman–Crippen LogP) is 9.66. The van der Waals surface area contributed by atoms with E-state index >= 15 is 4.39 Å². The van der Waals surface area contributed by atoms with Crippen LogP contribution < -0.4 is 4.74 Å². The van der Waals surface area contributed by atoms with E-state index in [0.717, 1.165) is 36.2 Å². The third-order valence-corrected chi connectivity index (χ3v) is 8.05. The van der Waals surface area contributed by atoms with Crippen molar-refractivity contribution in [2.45, 2.75) is 89.8 Å². The second kappa shape index (κ2) is 11.1. The summed E-state index contributed by atoms with van der Waals surface area (Å²) in [5.74, 6) is 2.27. The summed E-state index contributed by atoms with van der Waals surface area (Å²) in [6.45, 7) is 2.26. The first-order chi connectivity index (χ1) is 16.3. The maximum Gasteiger partial charge on any atom is 0.573 e. The maximum atomic E-state index is 15.0. The Labute approximate surface area is 200 Å². The molecule has 1 nitrogen and oxygen atoms in total. The van der Waals surface area contributed by atoms with Crippen LogP contribution in [0, 0.1) is 23.6 Å². The van der Waals surface area contributed by atoms with E-state index in [4.69, 9.17) is 0 Å². The molecule has 0 radical (unpaired) electrons. The van der Waals surface area contributed by atoms with E-state index in [1.54, 1.807) is 12.1 Å². The van der Waals surface area contributed by atoms with Gasteiger partial charge in [-0.15, -0.1) is 13.2 Å². The number of rotatable bonds is 8. The van der Waals surface area contributed by atoms with E-state index in [-0.39, 0.29) is 11.6 Å². The van der Waals surface area contributed by atoms with Gasteiger partial charge in [0.1, 0.15) is 11.6 Å². The summed E-state index contributed by atoms with van der Waals surface area (Å²) in [6, 6.07) is 10.8. The summed E-state index contributed by atoms with van der Waals surface area (Å²) in [6.07, 6.45) is 9.60. The lowest BCUT2D eigenvalue weighted by atomic mass is 9.63. The van der Waals surface area contributed by atoms with Gasteiger partial charge < -0.3 is 4.74 Å². The average molecular weight is 477 g/mol. The zero-order valence-electron chi connectivity index (χ0n) is 20.0. The molecule has 186 valence electrons. The van der Waals surface area contributed by atoms with Crippen molar-refractivity contribution in [2.24, 2.45) is 17.8 Å². The first-order valence-electron chi connectivity index (χ1n) is 13.0. The first-order valence-corrected chi connectivity index (χ1v) is 13.0. The third kappa shape index (κ3) is 6.55. The summed E-state index contributed by atoms with van der Waals surface area (Å²) in [5, 5.41) is 0. The summed E-state index contributed by atoms with van der Waals surface area (Å²) < 4.78 is 56.0. The van der Waals surface area contributed by atoms with Crippen molar-refractivity contribution in [1.29, 1.82) is 0 Å². The number of ether oxygens (including phenoxy) is 1. The van der Waals surface area contributed by atoms with Crippen LogP contribution in [0.2, 0.25) is 0 Å². The fourth-order valence-electron chi connectivity index (χ4n) is 6.27. The molecule has 2 saturated carbocycles. The largest absolute Gasteiger partial charge is 0.573 e. The Morgan fingerprint density at radius 2 is 1.59 bits per heavy atom. The quantitative estimate of drug-likeness (QED) is 0.272. The topological polar surface area (TPSA) is 9.23 Å². The number of alkyl halides is 3. The maximum absolute atomic E-state index is 15.0. The van der Waals surface area contributed by atoms with Gasteiger partial charge in [-0.25, -0.2) is 4.39 Å². The van der Waals surface area contributed by atoms with Crippen molar-refractivity contribution < 1.29 is 22.3 Å². The van der Waals surface area contributed by atoms with Gasteiger partial charge in [-0.2, -0.15) is 0 Å². The number of hydrogen-bond donors (Lipinski definition) is 0. The fourth-order valence-corrected chi connectivity index (χ4v) is 6.27. The van der Waals surface area contributed by atoms with Crippen molar-refractivity contribution in [3.05, 3.63) is 53.8 Å². The van der Waals surface area contributed by atoms with E-state index in [1.807, 2.05) is 6.07 Å². The number of fused-ring (bicyclic) bond motifs is 1. The number of unbranched alkanes of at least 4 members (excludes halogenated alkanes) is 3. The molecule has 1 unspecified atom stereocenters. The molecule has 0 amide bonds. The van der Waals surface area contributed by atoms with Gasteiger partial charge in [-0.3, -0.25) is 0 Å². The predicted molar refractivity (Wildman–Crippen MR) is 128 cm³/mol. The van der Waals surface area contributed by atoms with E-state index in [2.05, 4.69) is 11.7 Å². The minimum Gasteiger partial charge on any atom is -0.406 e. The van der Waals surface area contributed by atoms with E-state index in [1.165, 1.54) is 82.1 Å². The molecule has 2 aromatic rings. The minimum atomic E-state index is -4.73. The van der Waals surface area contributed by atoms with Crippen LogP contribution in [-0.4, -0.2) is 6.36 Å². The monoisotopic (exact) mass is 476 g/mol. The highest BCUT2D eigenvalue weighted by Gasteiger charge is 2.36. The van der Waals surface area contributed by atoms with E-state index < -0.39 is 6.36 Å². The molecular formula is C29H36F4O. The number of halogens is 4. The molecule has 0 spiro atoms. The molecule has 4 atom stereocenters. The van der Waals surface area contributed by atoms with Gasteiger partial charge in [0.2, 0.25) is 0 Å². The summed E-state index contributed by atoms with van der Waals surface area (Å²) in [7, 11) is 0. The zero-order valence-corrected chi connectivity index (χ0v) is 20.0. The molecule has 0 aliphatic heterocycles. The lowest BCUT2D eigenvalue weighted by Gasteiger charge is -2.42. The van der Waals surface area contributed by atoms with Crippen molar-refractivity contribution >= 4 is 0 Å². The molecule has 0 bridgehead atoms. The van der Waals surface area contributed by atoms with E-state index in [0.29, 0.717) is 17.0 Å². The lowest BCUT2D eigenvalue weighted by molar-refractivity contribution is -0.274. The fraction of sp³-hybridized carbons (Fsp3) is 0.586. The molecule has 2 aliphatic carbocycles. The SMILES string of the molecule is CCCCCCC1CC[C@@H]2C[C@H](c3ccc(-c4ccc(OC(F)(F)F)cc4)c(F)c3)CC[C@@H]2C1. The average Bonchev–Trinajstić information content (AvgIpc) is 2.81. The molecule has 2 aliphatic rings. The number of benzene rings is 2. The van der Waals surface area contributed by atoms with Crippen LogP contribution in [-0.2, 0) is 0 Å². The molecule has 5 heteroatoms. The van der Waals surface area contributed by atoms with Gasteiger partial charge in [-0.05, 0) is 85.1 Å². The molecule has 0 aromatic heterocycles. The van der Waals surface area contributed by atoms with Crippen LogP contribution in [0.3, 0.4) is 0 Å². The molecular weight excluding hydrogens is 440 g/mol. The van der Waals surface area contributed by atoms with Crippen molar-refractivity contribution in [3.8, 4) is 16.9 Å². The summed E-state index contributed by atoms with van der Waals surface area (Å²) >= 11 is 0. The third-order valence-electron chi connectivity index (χ3n) is 8.05. The standard InChI is InChI=1S/C29H36F4O/c1-2-3-4-5-6-20-7-8-23-18-24(10-9-22(23)17-20)25-13-16-27(28(30)19-25)21-11-14-26(15-12-21)34-29(31,32)33/h11-16,19-20,22-24H,2-10,17-18H2,1H3/t20?,22-,23-,24-/m1/s1. The highest BCUT2D eigenvalue weighted by molar-refractivity contribution is 5.65. The Hall–Kier alpha value is -2.04. The Balaban J connectivity index is 1.34. The minimum absolute atomic E-state index is 0.305. The molecule has 0 heterocycles. The normalized spacial score (nSPS) is 25.1. The molecule has 0 N–H and O–H groups in total. The lowest BCUT2D eigenvalue weighted by Crippen LogP contribution is -2.30. The Kier molecular flexibility index (Phi) is 8.21. The highest BCUT2D eigenvalue weighted by atomic mass is 19.4. The summed E-state index contributed by atoms with van der Waals surface area (Å²) in [5.41, 5.74) is 2.00. The van der Waals surface area contributed by atoms with Gasteiger partial charge in [0.25, 0.3) is 0 Å².